The van der Waals surface area contributed by atoms with Crippen LogP contribution in [0, 0.1) is 13.8 Å². The number of nitrogens with one attached hydrogen (secondary N) is 1. The minimum absolute atomic E-state index is 0.167. The van der Waals surface area contributed by atoms with Crippen molar-refractivity contribution in [3.05, 3.63) is 71.4 Å². The number of fused-ring (bicyclic) bond motifs is 1. The Morgan fingerprint density at radius 1 is 1.03 bits per heavy atom. The summed E-state index contributed by atoms with van der Waals surface area (Å²) < 4.78 is 11.6. The van der Waals surface area contributed by atoms with Gasteiger partial charge in [0.1, 0.15) is 16.9 Å². The number of ether oxygens (including phenoxy) is 2. The van der Waals surface area contributed by atoms with E-state index in [4.69, 9.17) is 9.47 Å². The first kappa shape index (κ1) is 18.9. The number of aryl methyl sites for hydroxylation is 2. The first-order valence-electron chi connectivity index (χ1n) is 9.07. The topological polar surface area (TPSA) is 73.3 Å². The third kappa shape index (κ3) is 4.20. The summed E-state index contributed by atoms with van der Waals surface area (Å²) >= 11 is 1.58. The molecule has 7 heteroatoms. The quantitative estimate of drug-likeness (QED) is 0.482. The molecule has 0 aliphatic rings. The average Bonchev–Trinajstić information content (AvgIpc) is 3.03. The fourth-order valence-electron chi connectivity index (χ4n) is 2.85. The van der Waals surface area contributed by atoms with Gasteiger partial charge in [0, 0.05) is 4.88 Å². The van der Waals surface area contributed by atoms with Crippen LogP contribution in [-0.4, -0.2) is 22.5 Å². The Balaban J connectivity index is 1.46. The van der Waals surface area contributed by atoms with Crippen LogP contribution in [0.5, 0.6) is 17.4 Å². The second-order valence-corrected chi connectivity index (χ2v) is 7.59. The molecule has 0 saturated heterocycles. The minimum atomic E-state index is -0.300. The van der Waals surface area contributed by atoms with Gasteiger partial charge in [0.25, 0.3) is 5.91 Å². The van der Waals surface area contributed by atoms with Gasteiger partial charge in [-0.05, 0) is 43.7 Å². The number of para-hydroxylation sites is 3. The molecule has 0 spiro atoms. The maximum atomic E-state index is 12.5. The lowest BCUT2D eigenvalue weighted by Crippen LogP contribution is -2.20. The number of hydrogen-bond acceptors (Lipinski definition) is 6. The van der Waals surface area contributed by atoms with E-state index in [9.17, 15) is 4.79 Å². The largest absolute Gasteiger partial charge is 0.467 e. The number of carbonyl (C=O) groups excluding carboxylic acids is 1. The minimum Gasteiger partial charge on any atom is -0.467 e. The molecule has 2 aromatic heterocycles. The molecule has 1 N–H and O–H groups in total. The SMILES string of the molecule is Cc1sc2ncnc(OCC(=O)Nc3ccccc3Oc3ccccc3)c2c1C. The highest BCUT2D eigenvalue weighted by Gasteiger charge is 2.15. The Labute approximate surface area is 172 Å². The van der Waals surface area contributed by atoms with E-state index in [0.717, 1.165) is 20.7 Å². The van der Waals surface area contributed by atoms with E-state index in [0.29, 0.717) is 23.1 Å². The van der Waals surface area contributed by atoms with E-state index in [1.54, 1.807) is 23.5 Å². The van der Waals surface area contributed by atoms with Gasteiger partial charge in [0.15, 0.2) is 12.4 Å². The summed E-state index contributed by atoms with van der Waals surface area (Å²) in [6.07, 6.45) is 1.45. The molecular weight excluding hydrogens is 386 g/mol. The highest BCUT2D eigenvalue weighted by atomic mass is 32.1. The van der Waals surface area contributed by atoms with Crippen molar-refractivity contribution in [3.63, 3.8) is 0 Å². The number of aromatic nitrogens is 2. The summed E-state index contributed by atoms with van der Waals surface area (Å²) in [5.74, 6) is 1.37. The van der Waals surface area contributed by atoms with Gasteiger partial charge in [-0.15, -0.1) is 11.3 Å². The molecule has 1 amide bonds. The van der Waals surface area contributed by atoms with Crippen molar-refractivity contribution in [2.24, 2.45) is 0 Å². The molecule has 0 aliphatic heterocycles. The second-order valence-electron chi connectivity index (χ2n) is 6.39. The fourth-order valence-corrected chi connectivity index (χ4v) is 3.84. The zero-order chi connectivity index (χ0) is 20.2. The predicted octanol–water partition coefficient (Wildman–Crippen LogP) is 5.12. The molecule has 0 saturated carbocycles. The van der Waals surface area contributed by atoms with E-state index in [1.165, 1.54) is 6.33 Å². The molecule has 2 aromatic carbocycles. The first-order chi connectivity index (χ1) is 14.1. The molecule has 146 valence electrons. The van der Waals surface area contributed by atoms with Gasteiger partial charge in [0.2, 0.25) is 5.88 Å². The highest BCUT2D eigenvalue weighted by Crippen LogP contribution is 2.34. The van der Waals surface area contributed by atoms with Crippen molar-refractivity contribution >= 4 is 33.1 Å². The molecule has 0 unspecified atom stereocenters. The Bertz CT molecular complexity index is 1160. The molecule has 4 aromatic rings. The molecule has 0 fully saturated rings. The van der Waals surface area contributed by atoms with Crippen LogP contribution in [0.15, 0.2) is 60.9 Å². The van der Waals surface area contributed by atoms with Crippen molar-refractivity contribution in [3.8, 4) is 17.4 Å². The number of anilines is 1. The van der Waals surface area contributed by atoms with Gasteiger partial charge < -0.3 is 14.8 Å². The molecular formula is C22H19N3O3S. The molecule has 0 aliphatic carbocycles. The normalized spacial score (nSPS) is 10.7. The predicted molar refractivity (Wildman–Crippen MR) is 114 cm³/mol. The summed E-state index contributed by atoms with van der Waals surface area (Å²) in [4.78, 5) is 23.0. The Morgan fingerprint density at radius 3 is 2.62 bits per heavy atom. The van der Waals surface area contributed by atoms with Gasteiger partial charge in [-0.25, -0.2) is 9.97 Å². The fraction of sp³-hybridized carbons (Fsp3) is 0.136. The van der Waals surface area contributed by atoms with Crippen LogP contribution in [0.1, 0.15) is 10.4 Å². The van der Waals surface area contributed by atoms with E-state index in [-0.39, 0.29) is 12.5 Å². The molecule has 2 heterocycles. The standard InChI is InChI=1S/C22H19N3O3S/c1-14-15(2)29-22-20(14)21(23-13-24-22)27-12-19(26)25-17-10-6-7-11-18(17)28-16-8-4-3-5-9-16/h3-11,13H,12H2,1-2H3,(H,25,26). The monoisotopic (exact) mass is 405 g/mol. The van der Waals surface area contributed by atoms with E-state index in [1.807, 2.05) is 56.3 Å². The number of thiophene rings is 1. The zero-order valence-corrected chi connectivity index (χ0v) is 16.8. The Hall–Kier alpha value is -3.45. The number of benzene rings is 2. The lowest BCUT2D eigenvalue weighted by molar-refractivity contribution is -0.118. The number of amides is 1. The highest BCUT2D eigenvalue weighted by molar-refractivity contribution is 7.18. The summed E-state index contributed by atoms with van der Waals surface area (Å²) in [7, 11) is 0. The Kier molecular flexibility index (Phi) is 5.39. The summed E-state index contributed by atoms with van der Waals surface area (Å²) in [5.41, 5.74) is 1.64. The van der Waals surface area contributed by atoms with Gasteiger partial charge in [-0.3, -0.25) is 4.79 Å². The zero-order valence-electron chi connectivity index (χ0n) is 16.0. The van der Waals surface area contributed by atoms with Crippen LogP contribution in [0.25, 0.3) is 10.2 Å². The van der Waals surface area contributed by atoms with Gasteiger partial charge in [-0.1, -0.05) is 30.3 Å². The van der Waals surface area contributed by atoms with Crippen molar-refractivity contribution in [2.45, 2.75) is 13.8 Å². The second kappa shape index (κ2) is 8.28. The number of carbonyl (C=O) groups is 1. The van der Waals surface area contributed by atoms with Gasteiger partial charge in [0.05, 0.1) is 11.1 Å². The molecule has 0 bridgehead atoms. The van der Waals surface area contributed by atoms with E-state index in [2.05, 4.69) is 15.3 Å². The molecule has 29 heavy (non-hydrogen) atoms. The van der Waals surface area contributed by atoms with Crippen molar-refractivity contribution in [2.75, 3.05) is 11.9 Å². The maximum Gasteiger partial charge on any atom is 0.262 e. The number of nitrogens with zero attached hydrogens (tertiary/aromatic N) is 2. The molecule has 4 rings (SSSR count). The molecule has 0 atom stereocenters. The van der Waals surface area contributed by atoms with Crippen molar-refractivity contribution < 1.29 is 14.3 Å². The van der Waals surface area contributed by atoms with Crippen LogP contribution in [-0.2, 0) is 4.79 Å². The van der Waals surface area contributed by atoms with Crippen molar-refractivity contribution in [1.29, 1.82) is 0 Å². The summed E-state index contributed by atoms with van der Waals surface area (Å²) in [5, 5.41) is 3.70. The average molecular weight is 405 g/mol. The third-order valence-corrected chi connectivity index (χ3v) is 5.52. The van der Waals surface area contributed by atoms with Crippen LogP contribution in [0.4, 0.5) is 5.69 Å². The number of rotatable bonds is 6. The van der Waals surface area contributed by atoms with E-state index >= 15 is 0 Å². The van der Waals surface area contributed by atoms with E-state index < -0.39 is 0 Å². The molecule has 6 nitrogen and oxygen atoms in total. The van der Waals surface area contributed by atoms with Crippen LogP contribution >= 0.6 is 11.3 Å². The van der Waals surface area contributed by atoms with Crippen LogP contribution in [0.3, 0.4) is 0 Å². The lowest BCUT2D eigenvalue weighted by atomic mass is 10.2. The lowest BCUT2D eigenvalue weighted by Gasteiger charge is -2.12. The van der Waals surface area contributed by atoms with Crippen LogP contribution in [0.2, 0.25) is 0 Å². The smallest absolute Gasteiger partial charge is 0.262 e. The Morgan fingerprint density at radius 2 is 1.79 bits per heavy atom. The van der Waals surface area contributed by atoms with Crippen molar-refractivity contribution in [1.82, 2.24) is 9.97 Å². The van der Waals surface area contributed by atoms with Gasteiger partial charge in [-0.2, -0.15) is 0 Å². The first-order valence-corrected chi connectivity index (χ1v) is 9.89. The van der Waals surface area contributed by atoms with Gasteiger partial charge >= 0.3 is 0 Å². The summed E-state index contributed by atoms with van der Waals surface area (Å²) in [6, 6.07) is 16.7. The van der Waals surface area contributed by atoms with Crippen LogP contribution < -0.4 is 14.8 Å². The number of hydrogen-bond donors (Lipinski definition) is 1. The summed E-state index contributed by atoms with van der Waals surface area (Å²) in [6.45, 7) is 3.86. The maximum absolute atomic E-state index is 12.5. The third-order valence-electron chi connectivity index (χ3n) is 4.40. The molecule has 0 radical (unpaired) electrons.